The summed E-state index contributed by atoms with van der Waals surface area (Å²) in [6.07, 6.45) is -0.258. The van der Waals surface area contributed by atoms with Crippen molar-refractivity contribution in [2.24, 2.45) is 0 Å². The molecular weight excluding hydrogens is 196 g/mol. The third-order valence-electron chi connectivity index (χ3n) is 1.52. The molecule has 0 rings (SSSR count). The van der Waals surface area contributed by atoms with Crippen molar-refractivity contribution in [3.8, 4) is 6.07 Å². The molecule has 0 saturated carbocycles. The number of ether oxygens (including phenoxy) is 1. The Morgan fingerprint density at radius 1 is 1.47 bits per heavy atom. The van der Waals surface area contributed by atoms with Crippen LogP contribution in [0.25, 0.3) is 0 Å². The lowest BCUT2D eigenvalue weighted by atomic mass is 10.2. The molecule has 0 aromatic carbocycles. The summed E-state index contributed by atoms with van der Waals surface area (Å²) < 4.78 is 5.12. The minimum Gasteiger partial charge on any atom is -0.444 e. The highest BCUT2D eigenvalue weighted by Crippen LogP contribution is 2.09. The van der Waals surface area contributed by atoms with E-state index < -0.39 is 11.7 Å². The van der Waals surface area contributed by atoms with Crippen LogP contribution < -0.4 is 0 Å². The van der Waals surface area contributed by atoms with Crippen LogP contribution in [0, 0.1) is 11.3 Å². The molecule has 0 aliphatic rings. The van der Waals surface area contributed by atoms with Gasteiger partial charge in [-0.1, -0.05) is 0 Å². The van der Waals surface area contributed by atoms with Crippen LogP contribution in [0.3, 0.4) is 0 Å². The maximum atomic E-state index is 11.5. The summed E-state index contributed by atoms with van der Waals surface area (Å²) in [6.45, 7) is 5.65. The molecule has 15 heavy (non-hydrogen) atoms. The SMILES string of the molecule is CC(C)(C)OC(=O)N(CCO)CCC#N. The third kappa shape index (κ3) is 6.75. The largest absolute Gasteiger partial charge is 0.444 e. The average Bonchev–Trinajstić information content (AvgIpc) is 2.09. The Balaban J connectivity index is 4.23. The van der Waals surface area contributed by atoms with E-state index >= 15 is 0 Å². The highest BCUT2D eigenvalue weighted by atomic mass is 16.6. The van der Waals surface area contributed by atoms with Gasteiger partial charge < -0.3 is 14.7 Å². The van der Waals surface area contributed by atoms with E-state index in [-0.39, 0.29) is 26.1 Å². The van der Waals surface area contributed by atoms with Gasteiger partial charge in [-0.3, -0.25) is 0 Å². The second-order valence-corrected chi connectivity index (χ2v) is 4.10. The van der Waals surface area contributed by atoms with Crippen LogP contribution in [-0.4, -0.2) is 41.4 Å². The van der Waals surface area contributed by atoms with Gasteiger partial charge in [-0.15, -0.1) is 0 Å². The van der Waals surface area contributed by atoms with Gasteiger partial charge in [-0.05, 0) is 20.8 Å². The Bertz CT molecular complexity index is 240. The van der Waals surface area contributed by atoms with Crippen molar-refractivity contribution >= 4 is 6.09 Å². The van der Waals surface area contributed by atoms with Crippen molar-refractivity contribution in [1.82, 2.24) is 4.90 Å². The van der Waals surface area contributed by atoms with Crippen LogP contribution in [0.4, 0.5) is 4.79 Å². The Morgan fingerprint density at radius 3 is 2.47 bits per heavy atom. The van der Waals surface area contributed by atoms with Crippen LogP contribution in [0.2, 0.25) is 0 Å². The number of rotatable bonds is 4. The molecule has 86 valence electrons. The first kappa shape index (κ1) is 13.7. The lowest BCUT2D eigenvalue weighted by molar-refractivity contribution is 0.0223. The fourth-order valence-electron chi connectivity index (χ4n) is 0.927. The van der Waals surface area contributed by atoms with E-state index in [4.69, 9.17) is 15.1 Å². The summed E-state index contributed by atoms with van der Waals surface area (Å²) >= 11 is 0. The third-order valence-corrected chi connectivity index (χ3v) is 1.52. The Kier molecular flexibility index (Phi) is 5.72. The Hall–Kier alpha value is -1.28. The number of hydrogen-bond donors (Lipinski definition) is 1. The number of aliphatic hydroxyl groups excluding tert-OH is 1. The molecular formula is C10H18N2O3. The summed E-state index contributed by atoms with van der Waals surface area (Å²) in [4.78, 5) is 12.9. The standard InChI is InChI=1S/C10H18N2O3/c1-10(2,3)15-9(14)12(7-8-13)6-4-5-11/h13H,4,6-8H2,1-3H3. The molecule has 5 heteroatoms. The topological polar surface area (TPSA) is 73.6 Å². The molecule has 0 aliphatic heterocycles. The molecule has 0 bridgehead atoms. The molecule has 0 heterocycles. The van der Waals surface area contributed by atoms with Gasteiger partial charge >= 0.3 is 6.09 Å². The molecule has 0 atom stereocenters. The van der Waals surface area contributed by atoms with Gasteiger partial charge in [0, 0.05) is 13.1 Å². The fourth-order valence-corrected chi connectivity index (χ4v) is 0.927. The molecule has 0 unspecified atom stereocenters. The van der Waals surface area contributed by atoms with Crippen LogP contribution in [-0.2, 0) is 4.74 Å². The second kappa shape index (κ2) is 6.25. The number of hydrogen-bond acceptors (Lipinski definition) is 4. The summed E-state index contributed by atoms with van der Waals surface area (Å²) in [6, 6.07) is 1.94. The first-order valence-electron chi connectivity index (χ1n) is 4.86. The molecule has 0 aliphatic carbocycles. The molecule has 0 fully saturated rings. The van der Waals surface area contributed by atoms with Gasteiger partial charge in [-0.2, -0.15) is 5.26 Å². The van der Waals surface area contributed by atoms with Gasteiger partial charge in [-0.25, -0.2) is 4.79 Å². The van der Waals surface area contributed by atoms with Gasteiger partial charge in [0.1, 0.15) is 5.60 Å². The number of carbonyl (C=O) groups is 1. The predicted octanol–water partition coefficient (Wildman–Crippen LogP) is 1.13. The summed E-state index contributed by atoms with van der Waals surface area (Å²) in [7, 11) is 0. The quantitative estimate of drug-likeness (QED) is 0.761. The molecule has 0 aromatic heterocycles. The van der Waals surface area contributed by atoms with Crippen molar-refractivity contribution in [1.29, 1.82) is 5.26 Å². The molecule has 0 spiro atoms. The number of carbonyl (C=O) groups excluding carboxylic acids is 1. The minimum absolute atomic E-state index is 0.134. The molecule has 5 nitrogen and oxygen atoms in total. The first-order chi connectivity index (χ1) is 6.90. The van der Waals surface area contributed by atoms with Crippen LogP contribution in [0.1, 0.15) is 27.2 Å². The number of amides is 1. The molecule has 0 aromatic rings. The van der Waals surface area contributed by atoms with E-state index in [1.54, 1.807) is 20.8 Å². The predicted molar refractivity (Wildman–Crippen MR) is 55.1 cm³/mol. The molecule has 0 radical (unpaired) electrons. The highest BCUT2D eigenvalue weighted by molar-refractivity contribution is 5.68. The van der Waals surface area contributed by atoms with Gasteiger partial charge in [0.05, 0.1) is 19.1 Å². The van der Waals surface area contributed by atoms with E-state index in [2.05, 4.69) is 0 Å². The van der Waals surface area contributed by atoms with E-state index in [0.717, 1.165) is 0 Å². The van der Waals surface area contributed by atoms with Crippen molar-refractivity contribution in [2.45, 2.75) is 32.8 Å². The summed E-state index contributed by atoms with van der Waals surface area (Å²) in [5.74, 6) is 0. The first-order valence-corrected chi connectivity index (χ1v) is 4.86. The Morgan fingerprint density at radius 2 is 2.07 bits per heavy atom. The van der Waals surface area contributed by atoms with Crippen LogP contribution in [0.15, 0.2) is 0 Å². The summed E-state index contributed by atoms with van der Waals surface area (Å²) in [5, 5.41) is 17.2. The van der Waals surface area contributed by atoms with E-state index in [0.29, 0.717) is 0 Å². The monoisotopic (exact) mass is 214 g/mol. The van der Waals surface area contributed by atoms with Crippen molar-refractivity contribution in [3.05, 3.63) is 0 Å². The summed E-state index contributed by atoms with van der Waals surface area (Å²) in [5.41, 5.74) is -0.558. The number of nitrogens with zero attached hydrogens (tertiary/aromatic N) is 2. The second-order valence-electron chi connectivity index (χ2n) is 4.10. The Labute approximate surface area is 90.2 Å². The minimum atomic E-state index is -0.558. The van der Waals surface area contributed by atoms with Gasteiger partial charge in [0.2, 0.25) is 0 Å². The molecule has 0 saturated heterocycles. The molecule has 1 N–H and O–H groups in total. The van der Waals surface area contributed by atoms with Crippen molar-refractivity contribution in [2.75, 3.05) is 19.7 Å². The van der Waals surface area contributed by atoms with Gasteiger partial charge in [0.25, 0.3) is 0 Å². The zero-order valence-electron chi connectivity index (χ0n) is 9.49. The van der Waals surface area contributed by atoms with Gasteiger partial charge in [0.15, 0.2) is 0 Å². The normalized spacial score (nSPS) is 10.6. The van der Waals surface area contributed by atoms with E-state index in [9.17, 15) is 4.79 Å². The number of aliphatic hydroxyl groups is 1. The highest BCUT2D eigenvalue weighted by Gasteiger charge is 2.21. The average molecular weight is 214 g/mol. The lowest BCUT2D eigenvalue weighted by Crippen LogP contribution is -2.38. The van der Waals surface area contributed by atoms with Crippen LogP contribution in [0.5, 0.6) is 0 Å². The lowest BCUT2D eigenvalue weighted by Gasteiger charge is -2.26. The van der Waals surface area contributed by atoms with E-state index in [1.165, 1.54) is 4.90 Å². The van der Waals surface area contributed by atoms with Crippen molar-refractivity contribution in [3.63, 3.8) is 0 Å². The van der Waals surface area contributed by atoms with Crippen molar-refractivity contribution < 1.29 is 14.6 Å². The maximum absolute atomic E-state index is 11.5. The zero-order valence-corrected chi connectivity index (χ0v) is 9.49. The smallest absolute Gasteiger partial charge is 0.410 e. The van der Waals surface area contributed by atoms with Crippen LogP contribution >= 0.6 is 0 Å². The maximum Gasteiger partial charge on any atom is 0.410 e. The van der Waals surface area contributed by atoms with E-state index in [1.807, 2.05) is 6.07 Å². The number of nitriles is 1. The fraction of sp³-hybridized carbons (Fsp3) is 0.800. The molecule has 1 amide bonds. The zero-order chi connectivity index (χ0) is 11.9.